The topological polar surface area (TPSA) is 112 Å². The smallest absolute Gasteiger partial charge is 0.343 e. The van der Waals surface area contributed by atoms with Gasteiger partial charge in [0, 0.05) is 5.56 Å². The Kier molecular flexibility index (Phi) is 4.66. The van der Waals surface area contributed by atoms with Crippen molar-refractivity contribution in [2.24, 2.45) is 0 Å². The highest BCUT2D eigenvalue weighted by Crippen LogP contribution is 2.24. The Morgan fingerprint density at radius 3 is 2.54 bits per heavy atom. The molecule has 7 nitrogen and oxygen atoms in total. The van der Waals surface area contributed by atoms with Crippen LogP contribution in [0.5, 0.6) is 0 Å². The highest BCUT2D eigenvalue weighted by atomic mass is 32.2. The Hall–Kier alpha value is -3.46. The minimum Gasteiger partial charge on any atom is -0.477 e. The van der Waals surface area contributed by atoms with Crippen LogP contribution in [0.3, 0.4) is 0 Å². The number of thioether (sulfide) groups is 1. The van der Waals surface area contributed by atoms with E-state index in [4.69, 9.17) is 0 Å². The van der Waals surface area contributed by atoms with Gasteiger partial charge in [-0.15, -0.1) is 0 Å². The van der Waals surface area contributed by atoms with Crippen LogP contribution in [0.4, 0.5) is 4.39 Å². The van der Waals surface area contributed by atoms with Crippen molar-refractivity contribution in [3.05, 3.63) is 76.1 Å². The molecule has 0 saturated carbocycles. The summed E-state index contributed by atoms with van der Waals surface area (Å²) in [6, 6.07) is 12.7. The number of halogens is 1. The van der Waals surface area contributed by atoms with Crippen LogP contribution in [0.1, 0.15) is 16.2 Å². The van der Waals surface area contributed by atoms with Gasteiger partial charge in [0.25, 0.3) is 5.56 Å². The van der Waals surface area contributed by atoms with Crippen LogP contribution < -0.4 is 5.56 Å². The lowest BCUT2D eigenvalue weighted by Crippen LogP contribution is -2.21. The maximum atomic E-state index is 13.2. The van der Waals surface area contributed by atoms with Crippen LogP contribution in [0.15, 0.2) is 58.5 Å². The number of nitrogens with zero attached hydrogens (tertiary/aromatic N) is 2. The third-order valence-electron chi connectivity index (χ3n) is 4.01. The van der Waals surface area contributed by atoms with E-state index >= 15 is 0 Å². The van der Waals surface area contributed by atoms with Gasteiger partial charge in [0.1, 0.15) is 11.6 Å². The summed E-state index contributed by atoms with van der Waals surface area (Å²) in [5.74, 6) is -0.779. The second-order valence-electron chi connectivity index (χ2n) is 5.90. The van der Waals surface area contributed by atoms with E-state index in [1.807, 2.05) is 24.3 Å². The molecule has 3 N–H and O–H groups in total. The molecule has 0 fully saturated rings. The van der Waals surface area contributed by atoms with Crippen molar-refractivity contribution >= 4 is 28.8 Å². The number of hydrogen-bond donors (Lipinski definition) is 3. The van der Waals surface area contributed by atoms with E-state index in [2.05, 4.69) is 19.9 Å². The number of imidazole rings is 1. The summed E-state index contributed by atoms with van der Waals surface area (Å²) < 4.78 is 13.2. The van der Waals surface area contributed by atoms with Crippen LogP contribution in [0.2, 0.25) is 0 Å². The number of rotatable bonds is 5. The molecule has 0 aliphatic rings. The molecule has 9 heteroatoms. The summed E-state index contributed by atoms with van der Waals surface area (Å²) in [6.07, 6.45) is 0. The maximum absolute atomic E-state index is 13.2. The molecule has 0 aliphatic heterocycles. The number of carboxylic acids is 1. The van der Waals surface area contributed by atoms with Gasteiger partial charge in [-0.1, -0.05) is 23.9 Å². The number of benzene rings is 2. The Balaban J connectivity index is 1.68. The van der Waals surface area contributed by atoms with Crippen molar-refractivity contribution in [3.8, 4) is 11.3 Å². The third-order valence-corrected chi connectivity index (χ3v) is 4.90. The van der Waals surface area contributed by atoms with E-state index in [0.29, 0.717) is 17.1 Å². The van der Waals surface area contributed by atoms with Gasteiger partial charge >= 0.3 is 5.97 Å². The Morgan fingerprint density at radius 2 is 1.82 bits per heavy atom. The predicted molar refractivity (Wildman–Crippen MR) is 103 cm³/mol. The van der Waals surface area contributed by atoms with Gasteiger partial charge in [-0.05, 0) is 36.4 Å². The summed E-state index contributed by atoms with van der Waals surface area (Å²) in [4.78, 5) is 38.2. The molecule has 0 unspecified atom stereocenters. The minimum atomic E-state index is -1.40. The summed E-state index contributed by atoms with van der Waals surface area (Å²) >= 11 is 1.21. The lowest BCUT2D eigenvalue weighted by molar-refractivity contribution is 0.0695. The number of aromatic amines is 2. The fourth-order valence-corrected chi connectivity index (χ4v) is 3.48. The standard InChI is InChI=1S/C19H13FN4O3S/c20-11-7-5-10(6-8-11)16-15(18(26)27)17(25)24-19(23-16)28-9-14-21-12-3-1-2-4-13(12)22-14/h1-8H,9H2,(H,21,22)(H,26,27)(H,23,24,25). The number of hydrogen-bond acceptors (Lipinski definition) is 5. The second-order valence-corrected chi connectivity index (χ2v) is 6.86. The minimum absolute atomic E-state index is 0.0108. The van der Waals surface area contributed by atoms with Crippen molar-refractivity contribution in [1.82, 2.24) is 19.9 Å². The van der Waals surface area contributed by atoms with Crippen molar-refractivity contribution in [1.29, 1.82) is 0 Å². The molecule has 2 aromatic carbocycles. The third kappa shape index (κ3) is 3.52. The predicted octanol–water partition coefficient (Wildman–Crippen LogP) is 3.44. The van der Waals surface area contributed by atoms with Crippen molar-refractivity contribution < 1.29 is 14.3 Å². The van der Waals surface area contributed by atoms with Gasteiger partial charge in [-0.3, -0.25) is 4.79 Å². The van der Waals surface area contributed by atoms with Gasteiger partial charge in [-0.2, -0.15) is 0 Å². The molecule has 4 aromatic rings. The van der Waals surface area contributed by atoms with Gasteiger partial charge < -0.3 is 15.1 Å². The molecular weight excluding hydrogens is 383 g/mol. The molecule has 140 valence electrons. The van der Waals surface area contributed by atoms with Crippen LogP contribution in [-0.4, -0.2) is 31.0 Å². The summed E-state index contributed by atoms with van der Waals surface area (Å²) in [7, 11) is 0. The molecule has 0 bridgehead atoms. The quantitative estimate of drug-likeness (QED) is 0.352. The molecule has 0 amide bonds. The summed E-state index contributed by atoms with van der Waals surface area (Å²) in [5, 5.41) is 9.63. The number of para-hydroxylation sites is 2. The first-order valence-electron chi connectivity index (χ1n) is 8.21. The number of aromatic nitrogens is 4. The van der Waals surface area contributed by atoms with E-state index in [9.17, 15) is 19.1 Å². The molecule has 28 heavy (non-hydrogen) atoms. The zero-order valence-corrected chi connectivity index (χ0v) is 15.1. The van der Waals surface area contributed by atoms with E-state index in [1.54, 1.807) is 0 Å². The van der Waals surface area contributed by atoms with Crippen molar-refractivity contribution in [2.45, 2.75) is 10.9 Å². The number of fused-ring (bicyclic) bond motifs is 1. The molecule has 0 radical (unpaired) electrons. The second kappa shape index (κ2) is 7.28. The zero-order chi connectivity index (χ0) is 19.7. The van der Waals surface area contributed by atoms with Gasteiger partial charge in [-0.25, -0.2) is 19.2 Å². The molecule has 0 spiro atoms. The number of carboxylic acid groups (broad SMARTS) is 1. The van der Waals surface area contributed by atoms with E-state index in [-0.39, 0.29) is 10.9 Å². The van der Waals surface area contributed by atoms with Crippen molar-refractivity contribution in [2.75, 3.05) is 0 Å². The highest BCUT2D eigenvalue weighted by molar-refractivity contribution is 7.98. The van der Waals surface area contributed by atoms with E-state index in [1.165, 1.54) is 36.0 Å². The molecule has 0 atom stereocenters. The fourth-order valence-electron chi connectivity index (χ4n) is 2.75. The number of H-pyrrole nitrogens is 2. The van der Waals surface area contributed by atoms with Crippen molar-refractivity contribution in [3.63, 3.8) is 0 Å². The van der Waals surface area contributed by atoms with Gasteiger partial charge in [0.15, 0.2) is 10.7 Å². The number of carbonyl (C=O) groups is 1. The highest BCUT2D eigenvalue weighted by Gasteiger charge is 2.20. The molecule has 2 aromatic heterocycles. The fraction of sp³-hybridized carbons (Fsp3) is 0.0526. The Labute approximate surface area is 161 Å². The first kappa shape index (κ1) is 17.9. The summed E-state index contributed by atoms with van der Waals surface area (Å²) in [5.41, 5.74) is 0.799. The van der Waals surface area contributed by atoms with E-state index < -0.39 is 22.9 Å². The van der Waals surface area contributed by atoms with Crippen LogP contribution in [0, 0.1) is 5.82 Å². The zero-order valence-electron chi connectivity index (χ0n) is 14.3. The average molecular weight is 396 g/mol. The number of nitrogens with one attached hydrogen (secondary N) is 2. The van der Waals surface area contributed by atoms with Gasteiger partial charge in [0.05, 0.1) is 22.5 Å². The van der Waals surface area contributed by atoms with Gasteiger partial charge in [0.2, 0.25) is 0 Å². The average Bonchev–Trinajstić information content (AvgIpc) is 3.09. The Bertz CT molecular complexity index is 1200. The lowest BCUT2D eigenvalue weighted by Gasteiger charge is -2.07. The first-order valence-corrected chi connectivity index (χ1v) is 9.20. The molecule has 2 heterocycles. The largest absolute Gasteiger partial charge is 0.477 e. The monoisotopic (exact) mass is 396 g/mol. The molecular formula is C19H13FN4O3S. The maximum Gasteiger partial charge on any atom is 0.343 e. The summed E-state index contributed by atoms with van der Waals surface area (Å²) in [6.45, 7) is 0. The lowest BCUT2D eigenvalue weighted by atomic mass is 10.1. The first-order chi connectivity index (χ1) is 13.5. The number of aromatic carboxylic acids is 1. The normalized spacial score (nSPS) is 11.0. The Morgan fingerprint density at radius 1 is 1.07 bits per heavy atom. The van der Waals surface area contributed by atoms with Crippen LogP contribution in [-0.2, 0) is 5.75 Å². The molecule has 4 rings (SSSR count). The SMILES string of the molecule is O=C(O)c1c(-c2ccc(F)cc2)nc(SCc2nc3ccccc3[nH]2)[nH]c1=O. The molecule has 0 saturated heterocycles. The van der Waals surface area contributed by atoms with E-state index in [0.717, 1.165) is 11.0 Å². The molecule has 0 aliphatic carbocycles. The van der Waals surface area contributed by atoms with Crippen LogP contribution in [0.25, 0.3) is 22.3 Å². The van der Waals surface area contributed by atoms with Crippen LogP contribution >= 0.6 is 11.8 Å².